The molecule has 0 radical (unpaired) electrons. The highest BCUT2D eigenvalue weighted by Crippen LogP contribution is 2.40. The van der Waals surface area contributed by atoms with E-state index in [-0.39, 0.29) is 30.9 Å². The van der Waals surface area contributed by atoms with Crippen LogP contribution in [0.3, 0.4) is 0 Å². The number of fused-ring (bicyclic) bond motifs is 3. The molecule has 0 N–H and O–H groups in total. The van der Waals surface area contributed by atoms with Crippen molar-refractivity contribution in [3.63, 3.8) is 0 Å². The molecule has 0 saturated carbocycles. The fourth-order valence-corrected chi connectivity index (χ4v) is 6.47. The number of benzene rings is 3. The molecule has 36 heavy (non-hydrogen) atoms. The second-order valence-corrected chi connectivity index (χ2v) is 10.5. The number of amides is 1. The lowest BCUT2D eigenvalue weighted by Crippen LogP contribution is -2.49. The minimum atomic E-state index is 0.0984. The Kier molecular flexibility index (Phi) is 6.40. The molecule has 3 aliphatic heterocycles. The Morgan fingerprint density at radius 2 is 1.72 bits per heavy atom. The monoisotopic (exact) mass is 503 g/mol. The third-order valence-electron chi connectivity index (χ3n) is 7.24. The van der Waals surface area contributed by atoms with Crippen molar-refractivity contribution >= 4 is 17.7 Å². The molecule has 7 heteroatoms. The van der Waals surface area contributed by atoms with Crippen LogP contribution in [0.2, 0.25) is 0 Å². The maximum Gasteiger partial charge on any atom is 0.254 e. The van der Waals surface area contributed by atoms with Gasteiger partial charge in [-0.05, 0) is 54.8 Å². The Hall–Kier alpha value is -3.32. The highest BCUT2D eigenvalue weighted by Gasteiger charge is 2.44. The summed E-state index contributed by atoms with van der Waals surface area (Å²) in [4.78, 5) is 16.7. The fraction of sp³-hybridized carbons (Fsp3) is 0.345. The van der Waals surface area contributed by atoms with E-state index in [9.17, 15) is 4.79 Å². The van der Waals surface area contributed by atoms with Gasteiger partial charge in [-0.15, -0.1) is 11.8 Å². The van der Waals surface area contributed by atoms with E-state index < -0.39 is 0 Å². The number of carbonyl (C=O) groups is 1. The predicted molar refractivity (Wildman–Crippen MR) is 138 cm³/mol. The first-order valence-electron chi connectivity index (χ1n) is 12.4. The molecular weight excluding hydrogens is 474 g/mol. The first kappa shape index (κ1) is 23.1. The fourth-order valence-electron chi connectivity index (χ4n) is 5.49. The Morgan fingerprint density at radius 1 is 0.972 bits per heavy atom. The molecule has 0 spiro atoms. The highest BCUT2D eigenvalue weighted by atomic mass is 32.2. The van der Waals surface area contributed by atoms with E-state index in [1.54, 1.807) is 18.9 Å². The van der Waals surface area contributed by atoms with E-state index in [0.717, 1.165) is 64.9 Å². The summed E-state index contributed by atoms with van der Waals surface area (Å²) in [5.41, 5.74) is 1.94. The van der Waals surface area contributed by atoms with Crippen molar-refractivity contribution in [1.82, 2.24) is 4.90 Å². The molecule has 2 fully saturated rings. The SMILES string of the molecule is COc1ccccc1SCc1ccc(C(=O)N2C3CCC2CC(Oc2ccc4c(c2)OCO4)C3)cc1. The van der Waals surface area contributed by atoms with Crippen molar-refractivity contribution in [3.8, 4) is 23.0 Å². The molecule has 2 atom stereocenters. The zero-order chi connectivity index (χ0) is 24.5. The summed E-state index contributed by atoms with van der Waals surface area (Å²) in [6.07, 6.45) is 3.87. The van der Waals surface area contributed by atoms with Crippen LogP contribution in [0.25, 0.3) is 0 Å². The molecule has 3 aliphatic rings. The Morgan fingerprint density at radius 3 is 2.50 bits per heavy atom. The number of para-hydroxylation sites is 1. The summed E-state index contributed by atoms with van der Waals surface area (Å²) in [6, 6.07) is 22.3. The number of thioether (sulfide) groups is 1. The maximum absolute atomic E-state index is 13.5. The number of carbonyl (C=O) groups excluding carboxylic acids is 1. The highest BCUT2D eigenvalue weighted by molar-refractivity contribution is 7.98. The Balaban J connectivity index is 1.07. The zero-order valence-electron chi connectivity index (χ0n) is 20.2. The standard InChI is InChI=1S/C29H29NO5S/c1-32-26-4-2-3-5-28(26)36-17-19-6-8-20(9-7-19)29(31)30-21-10-11-22(30)15-24(14-21)35-23-12-13-25-27(16-23)34-18-33-25/h2-9,12-13,16,21-22,24H,10-11,14-15,17-18H2,1H3. The Bertz CT molecular complexity index is 1230. The largest absolute Gasteiger partial charge is 0.496 e. The van der Waals surface area contributed by atoms with E-state index in [1.165, 1.54) is 5.56 Å². The van der Waals surface area contributed by atoms with Gasteiger partial charge in [-0.2, -0.15) is 0 Å². The van der Waals surface area contributed by atoms with Crippen molar-refractivity contribution < 1.29 is 23.7 Å². The van der Waals surface area contributed by atoms with Gasteiger partial charge in [-0.1, -0.05) is 24.3 Å². The summed E-state index contributed by atoms with van der Waals surface area (Å²) in [5.74, 6) is 4.12. The molecule has 3 aromatic rings. The molecule has 186 valence electrons. The molecule has 6 nitrogen and oxygen atoms in total. The maximum atomic E-state index is 13.5. The zero-order valence-corrected chi connectivity index (χ0v) is 21.0. The van der Waals surface area contributed by atoms with Gasteiger partial charge in [-0.3, -0.25) is 4.79 Å². The van der Waals surface area contributed by atoms with Gasteiger partial charge >= 0.3 is 0 Å². The second kappa shape index (κ2) is 9.97. The summed E-state index contributed by atoms with van der Waals surface area (Å²) in [5, 5.41) is 0. The number of ether oxygens (including phenoxy) is 4. The number of hydrogen-bond donors (Lipinski definition) is 0. The molecule has 6 rings (SSSR count). The Labute approximate surface area is 215 Å². The number of rotatable bonds is 7. The van der Waals surface area contributed by atoms with Gasteiger partial charge in [-0.25, -0.2) is 0 Å². The number of nitrogens with zero attached hydrogens (tertiary/aromatic N) is 1. The average molecular weight is 504 g/mol. The van der Waals surface area contributed by atoms with Crippen LogP contribution in [0.5, 0.6) is 23.0 Å². The summed E-state index contributed by atoms with van der Waals surface area (Å²) in [6.45, 7) is 0.255. The quantitative estimate of drug-likeness (QED) is 0.373. The van der Waals surface area contributed by atoms with Gasteiger partial charge in [0.1, 0.15) is 17.6 Å². The lowest BCUT2D eigenvalue weighted by atomic mass is 9.98. The van der Waals surface area contributed by atoms with Crippen LogP contribution in [-0.4, -0.2) is 42.9 Å². The lowest BCUT2D eigenvalue weighted by molar-refractivity contribution is 0.0358. The predicted octanol–water partition coefficient (Wildman–Crippen LogP) is 5.93. The lowest BCUT2D eigenvalue weighted by Gasteiger charge is -2.39. The van der Waals surface area contributed by atoms with Crippen LogP contribution in [0, 0.1) is 0 Å². The third-order valence-corrected chi connectivity index (χ3v) is 8.36. The first-order chi connectivity index (χ1) is 17.7. The molecule has 3 aromatic carbocycles. The summed E-state index contributed by atoms with van der Waals surface area (Å²) >= 11 is 1.74. The molecule has 1 amide bonds. The van der Waals surface area contributed by atoms with Crippen LogP contribution < -0.4 is 18.9 Å². The summed E-state index contributed by atoms with van der Waals surface area (Å²) < 4.78 is 22.6. The molecule has 0 aromatic heterocycles. The molecule has 0 aliphatic carbocycles. The molecule has 2 unspecified atom stereocenters. The van der Waals surface area contributed by atoms with Crippen molar-refractivity contribution in [2.24, 2.45) is 0 Å². The minimum absolute atomic E-state index is 0.0984. The van der Waals surface area contributed by atoms with Crippen molar-refractivity contribution in [1.29, 1.82) is 0 Å². The van der Waals surface area contributed by atoms with E-state index >= 15 is 0 Å². The smallest absolute Gasteiger partial charge is 0.254 e. The van der Waals surface area contributed by atoms with Crippen LogP contribution >= 0.6 is 11.8 Å². The molecule has 2 bridgehead atoms. The van der Waals surface area contributed by atoms with Crippen LogP contribution in [0.4, 0.5) is 0 Å². The molecule has 3 heterocycles. The van der Waals surface area contributed by atoms with Gasteiger partial charge in [0.05, 0.1) is 7.11 Å². The number of hydrogen-bond acceptors (Lipinski definition) is 6. The van der Waals surface area contributed by atoms with Gasteiger partial charge in [0, 0.05) is 47.2 Å². The van der Waals surface area contributed by atoms with Crippen molar-refractivity contribution in [2.45, 2.75) is 54.5 Å². The summed E-state index contributed by atoms with van der Waals surface area (Å²) in [7, 11) is 1.69. The van der Waals surface area contributed by atoms with E-state index in [0.29, 0.717) is 0 Å². The van der Waals surface area contributed by atoms with E-state index in [1.807, 2.05) is 48.5 Å². The average Bonchev–Trinajstić information content (AvgIpc) is 3.49. The normalized spacial score (nSPS) is 21.9. The van der Waals surface area contributed by atoms with Gasteiger partial charge < -0.3 is 23.8 Å². The number of piperidine rings is 1. The molecular formula is C29H29NO5S. The van der Waals surface area contributed by atoms with E-state index in [4.69, 9.17) is 18.9 Å². The van der Waals surface area contributed by atoms with Gasteiger partial charge in [0.2, 0.25) is 6.79 Å². The van der Waals surface area contributed by atoms with Crippen molar-refractivity contribution in [3.05, 3.63) is 77.9 Å². The third kappa shape index (κ3) is 4.60. The first-order valence-corrected chi connectivity index (χ1v) is 13.4. The van der Waals surface area contributed by atoms with E-state index in [2.05, 4.69) is 23.1 Å². The minimum Gasteiger partial charge on any atom is -0.496 e. The van der Waals surface area contributed by atoms with Gasteiger partial charge in [0.25, 0.3) is 5.91 Å². The van der Waals surface area contributed by atoms with Crippen molar-refractivity contribution in [2.75, 3.05) is 13.9 Å². The van der Waals surface area contributed by atoms with Crippen LogP contribution in [0.15, 0.2) is 71.6 Å². The second-order valence-electron chi connectivity index (χ2n) is 9.46. The topological polar surface area (TPSA) is 57.2 Å². The van der Waals surface area contributed by atoms with Crippen LogP contribution in [0.1, 0.15) is 41.6 Å². The number of methoxy groups -OCH3 is 1. The van der Waals surface area contributed by atoms with Gasteiger partial charge in [0.15, 0.2) is 11.5 Å². The van der Waals surface area contributed by atoms with Crippen LogP contribution in [-0.2, 0) is 5.75 Å². The molecule has 2 saturated heterocycles.